The number of fused-ring (bicyclic) bond motifs is 1. The average Bonchev–Trinajstić information content (AvgIpc) is 3.26. The SMILES string of the molecule is CCOc1ccc(N2C(=O)CSC2c2ccc(NC(=O)c3cccc4ccccc34)cc2)cc1. The molecule has 0 bridgehead atoms. The molecule has 1 fully saturated rings. The summed E-state index contributed by atoms with van der Waals surface area (Å²) in [5.41, 5.74) is 3.20. The van der Waals surface area contributed by atoms with Gasteiger partial charge in [0.1, 0.15) is 11.1 Å². The Kier molecular flexibility index (Phi) is 6.23. The smallest absolute Gasteiger partial charge is 0.256 e. The number of nitrogens with zero attached hydrogens (tertiary/aromatic N) is 1. The molecular weight excluding hydrogens is 444 g/mol. The van der Waals surface area contributed by atoms with Gasteiger partial charge in [-0.25, -0.2) is 0 Å². The number of amides is 2. The van der Waals surface area contributed by atoms with Crippen molar-refractivity contribution in [2.75, 3.05) is 22.6 Å². The molecule has 0 radical (unpaired) electrons. The Morgan fingerprint density at radius 3 is 2.47 bits per heavy atom. The van der Waals surface area contributed by atoms with E-state index >= 15 is 0 Å². The van der Waals surface area contributed by atoms with E-state index in [1.54, 1.807) is 11.8 Å². The number of thioether (sulfide) groups is 1. The number of hydrogen-bond donors (Lipinski definition) is 1. The van der Waals surface area contributed by atoms with Gasteiger partial charge in [-0.1, -0.05) is 48.5 Å². The van der Waals surface area contributed by atoms with Crippen LogP contribution >= 0.6 is 11.8 Å². The van der Waals surface area contributed by atoms with Crippen LogP contribution in [0.2, 0.25) is 0 Å². The predicted molar refractivity (Wildman–Crippen MR) is 139 cm³/mol. The van der Waals surface area contributed by atoms with Crippen molar-refractivity contribution in [2.24, 2.45) is 0 Å². The molecule has 1 atom stereocenters. The molecule has 4 aromatic rings. The first-order chi connectivity index (χ1) is 16.6. The van der Waals surface area contributed by atoms with Crippen molar-refractivity contribution >= 4 is 45.7 Å². The summed E-state index contributed by atoms with van der Waals surface area (Å²) in [6.45, 7) is 2.54. The number of benzene rings is 4. The van der Waals surface area contributed by atoms with Crippen molar-refractivity contribution in [1.82, 2.24) is 0 Å². The lowest BCUT2D eigenvalue weighted by molar-refractivity contribution is -0.115. The summed E-state index contributed by atoms with van der Waals surface area (Å²) in [5, 5.41) is 4.83. The highest BCUT2D eigenvalue weighted by atomic mass is 32.2. The van der Waals surface area contributed by atoms with Crippen LogP contribution in [0.25, 0.3) is 10.8 Å². The van der Waals surface area contributed by atoms with Gasteiger partial charge in [0.05, 0.1) is 12.4 Å². The zero-order valence-corrected chi connectivity index (χ0v) is 19.5. The first kappa shape index (κ1) is 22.0. The molecule has 0 spiro atoms. The van der Waals surface area contributed by atoms with E-state index < -0.39 is 0 Å². The Balaban J connectivity index is 1.34. The molecule has 1 saturated heterocycles. The molecule has 5 nitrogen and oxygen atoms in total. The number of carbonyl (C=O) groups excluding carboxylic acids is 2. The highest BCUT2D eigenvalue weighted by Crippen LogP contribution is 2.42. The van der Waals surface area contributed by atoms with Gasteiger partial charge in [-0.15, -0.1) is 11.8 Å². The fourth-order valence-electron chi connectivity index (χ4n) is 4.17. The quantitative estimate of drug-likeness (QED) is 0.362. The second kappa shape index (κ2) is 9.61. The molecular formula is C28H24N2O3S. The molecule has 1 unspecified atom stereocenters. The lowest BCUT2D eigenvalue weighted by Gasteiger charge is -2.24. The van der Waals surface area contributed by atoms with Crippen molar-refractivity contribution in [3.8, 4) is 5.75 Å². The Labute approximate surface area is 202 Å². The van der Waals surface area contributed by atoms with Crippen molar-refractivity contribution in [1.29, 1.82) is 0 Å². The second-order valence-corrected chi connectivity index (χ2v) is 9.03. The van der Waals surface area contributed by atoms with Crippen molar-refractivity contribution in [2.45, 2.75) is 12.3 Å². The zero-order chi connectivity index (χ0) is 23.5. The minimum atomic E-state index is -0.147. The number of rotatable bonds is 6. The number of ether oxygens (including phenoxy) is 1. The lowest BCUT2D eigenvalue weighted by atomic mass is 10.0. The molecule has 4 aromatic carbocycles. The highest BCUT2D eigenvalue weighted by Gasteiger charge is 2.34. The van der Waals surface area contributed by atoms with Crippen LogP contribution in [0, 0.1) is 0 Å². The van der Waals surface area contributed by atoms with Crippen LogP contribution in [0.5, 0.6) is 5.75 Å². The summed E-state index contributed by atoms with van der Waals surface area (Å²) >= 11 is 1.60. The van der Waals surface area contributed by atoms with Crippen molar-refractivity contribution in [3.05, 3.63) is 102 Å². The Hall–Kier alpha value is -3.77. The maximum absolute atomic E-state index is 12.9. The topological polar surface area (TPSA) is 58.6 Å². The van der Waals surface area contributed by atoms with Gasteiger partial charge in [-0.2, -0.15) is 0 Å². The maximum atomic E-state index is 12.9. The number of anilines is 2. The van der Waals surface area contributed by atoms with Crippen LogP contribution in [0.4, 0.5) is 11.4 Å². The summed E-state index contributed by atoms with van der Waals surface area (Å²) < 4.78 is 5.52. The van der Waals surface area contributed by atoms with Crippen molar-refractivity contribution in [3.63, 3.8) is 0 Å². The third-order valence-electron chi connectivity index (χ3n) is 5.78. The molecule has 0 saturated carbocycles. The molecule has 5 rings (SSSR count). The fourth-order valence-corrected chi connectivity index (χ4v) is 5.35. The molecule has 1 N–H and O–H groups in total. The molecule has 0 aromatic heterocycles. The Morgan fingerprint density at radius 2 is 1.71 bits per heavy atom. The first-order valence-corrected chi connectivity index (χ1v) is 12.2. The Bertz CT molecular complexity index is 1330. The van der Waals surface area contributed by atoms with Crippen molar-refractivity contribution < 1.29 is 14.3 Å². The van der Waals surface area contributed by atoms with E-state index in [0.29, 0.717) is 23.6 Å². The van der Waals surface area contributed by atoms with E-state index in [0.717, 1.165) is 27.8 Å². The summed E-state index contributed by atoms with van der Waals surface area (Å²) in [4.78, 5) is 27.4. The minimum Gasteiger partial charge on any atom is -0.494 e. The number of hydrogen-bond acceptors (Lipinski definition) is 4. The van der Waals surface area contributed by atoms with Gasteiger partial charge in [0.15, 0.2) is 0 Å². The van der Waals surface area contributed by atoms with Gasteiger partial charge in [-0.3, -0.25) is 14.5 Å². The molecule has 1 aliphatic rings. The lowest BCUT2D eigenvalue weighted by Crippen LogP contribution is -2.27. The summed E-state index contributed by atoms with van der Waals surface area (Å²) in [5.74, 6) is 1.14. The van der Waals surface area contributed by atoms with Crippen LogP contribution < -0.4 is 15.0 Å². The molecule has 6 heteroatoms. The molecule has 170 valence electrons. The standard InChI is InChI=1S/C28H24N2O3S/c1-2-33-23-16-14-22(15-17-23)30-26(31)18-34-28(30)20-10-12-21(13-11-20)29-27(32)25-9-5-7-19-6-3-4-8-24(19)25/h3-17,28H,2,18H2,1H3,(H,29,32). The summed E-state index contributed by atoms with van der Waals surface area (Å²) in [6.07, 6.45) is 0. The summed E-state index contributed by atoms with van der Waals surface area (Å²) in [7, 11) is 0. The molecule has 34 heavy (non-hydrogen) atoms. The largest absolute Gasteiger partial charge is 0.494 e. The van der Waals surface area contributed by atoms with Gasteiger partial charge in [0.25, 0.3) is 5.91 Å². The van der Waals surface area contributed by atoms with E-state index in [1.165, 1.54) is 0 Å². The van der Waals surface area contributed by atoms with E-state index in [2.05, 4.69) is 5.32 Å². The molecule has 1 heterocycles. The van der Waals surface area contributed by atoms with Crippen LogP contribution in [0.1, 0.15) is 28.2 Å². The number of nitrogens with one attached hydrogen (secondary N) is 1. The normalized spacial score (nSPS) is 15.5. The minimum absolute atomic E-state index is 0.0764. The molecule has 1 aliphatic heterocycles. The van der Waals surface area contributed by atoms with Gasteiger partial charge in [-0.05, 0) is 65.7 Å². The molecule has 0 aliphatic carbocycles. The first-order valence-electron chi connectivity index (χ1n) is 11.2. The van der Waals surface area contributed by atoms with Gasteiger partial charge in [0.2, 0.25) is 5.91 Å². The third-order valence-corrected chi connectivity index (χ3v) is 6.99. The van der Waals surface area contributed by atoms with E-state index in [-0.39, 0.29) is 17.2 Å². The third kappa shape index (κ3) is 4.37. The monoisotopic (exact) mass is 468 g/mol. The number of carbonyl (C=O) groups is 2. The zero-order valence-electron chi connectivity index (χ0n) is 18.7. The van der Waals surface area contributed by atoms with Gasteiger partial charge in [0, 0.05) is 16.9 Å². The second-order valence-electron chi connectivity index (χ2n) is 7.96. The summed E-state index contributed by atoms with van der Waals surface area (Å²) in [6, 6.07) is 28.9. The highest BCUT2D eigenvalue weighted by molar-refractivity contribution is 8.00. The van der Waals surface area contributed by atoms with E-state index in [9.17, 15) is 9.59 Å². The Morgan fingerprint density at radius 1 is 0.971 bits per heavy atom. The van der Waals surface area contributed by atoms with Gasteiger partial charge >= 0.3 is 0 Å². The van der Waals surface area contributed by atoms with Crippen LogP contribution in [0.3, 0.4) is 0 Å². The average molecular weight is 469 g/mol. The van der Waals surface area contributed by atoms with Crippen LogP contribution in [-0.2, 0) is 4.79 Å². The van der Waals surface area contributed by atoms with Crippen LogP contribution in [0.15, 0.2) is 91.0 Å². The maximum Gasteiger partial charge on any atom is 0.256 e. The van der Waals surface area contributed by atoms with Crippen LogP contribution in [-0.4, -0.2) is 24.2 Å². The van der Waals surface area contributed by atoms with Gasteiger partial charge < -0.3 is 10.1 Å². The predicted octanol–water partition coefficient (Wildman–Crippen LogP) is 6.27. The molecule has 2 amide bonds. The fraction of sp³-hybridized carbons (Fsp3) is 0.143. The van der Waals surface area contributed by atoms with E-state index in [4.69, 9.17) is 4.74 Å². The van der Waals surface area contributed by atoms with E-state index in [1.807, 2.05) is 103 Å².